The third kappa shape index (κ3) is 1.95. The molecule has 0 N–H and O–H groups in total. The summed E-state index contributed by atoms with van der Waals surface area (Å²) in [6.07, 6.45) is 4.42. The number of unbranched alkanes of at least 4 members (excludes halogenated alkanes) is 1. The first kappa shape index (κ1) is 9.25. The third-order valence-corrected chi connectivity index (χ3v) is 2.54. The summed E-state index contributed by atoms with van der Waals surface area (Å²) in [5.41, 5.74) is 2.65. The van der Waals surface area contributed by atoms with Gasteiger partial charge >= 0.3 is 0 Å². The lowest BCUT2D eigenvalue weighted by molar-refractivity contribution is 0.272. The summed E-state index contributed by atoms with van der Waals surface area (Å²) in [7, 11) is 0. The van der Waals surface area contributed by atoms with Crippen molar-refractivity contribution in [3.8, 4) is 0 Å². The molecular weight excluding hydrogens is 172 g/mol. The van der Waals surface area contributed by atoms with E-state index in [2.05, 4.69) is 41.3 Å². The molecule has 2 rings (SSSR count). The Balaban J connectivity index is 2.06. The summed E-state index contributed by atoms with van der Waals surface area (Å²) in [6, 6.07) is 8.46. The molecule has 1 aromatic carbocycles. The first-order chi connectivity index (χ1) is 6.90. The van der Waals surface area contributed by atoms with Crippen LogP contribution in [-0.2, 0) is 6.54 Å². The zero-order chi connectivity index (χ0) is 9.80. The van der Waals surface area contributed by atoms with Gasteiger partial charge in [-0.3, -0.25) is 5.01 Å². The van der Waals surface area contributed by atoms with E-state index in [0.717, 1.165) is 13.1 Å². The maximum Gasteiger partial charge on any atom is 0.0617 e. The predicted octanol–water partition coefficient (Wildman–Crippen LogP) is 2.64. The van der Waals surface area contributed by atoms with Gasteiger partial charge in [-0.15, -0.1) is 0 Å². The zero-order valence-corrected chi connectivity index (χ0v) is 8.61. The third-order valence-electron chi connectivity index (χ3n) is 2.54. The number of hydrazone groups is 1. The molecule has 0 atom stereocenters. The quantitative estimate of drug-likeness (QED) is 0.712. The molecule has 0 aliphatic carbocycles. The molecule has 2 nitrogen and oxygen atoms in total. The maximum absolute atomic E-state index is 4.42. The van der Waals surface area contributed by atoms with Gasteiger partial charge in [-0.05, 0) is 17.5 Å². The van der Waals surface area contributed by atoms with E-state index in [4.69, 9.17) is 0 Å². The smallest absolute Gasteiger partial charge is 0.0617 e. The Labute approximate surface area is 85.2 Å². The van der Waals surface area contributed by atoms with Gasteiger partial charge in [0.1, 0.15) is 0 Å². The first-order valence-corrected chi connectivity index (χ1v) is 5.27. The Morgan fingerprint density at radius 3 is 3.07 bits per heavy atom. The van der Waals surface area contributed by atoms with Crippen LogP contribution >= 0.6 is 0 Å². The van der Waals surface area contributed by atoms with E-state index in [9.17, 15) is 0 Å². The Kier molecular flexibility index (Phi) is 2.82. The average Bonchev–Trinajstić information content (AvgIpc) is 2.26. The molecule has 0 bridgehead atoms. The van der Waals surface area contributed by atoms with E-state index in [1.807, 2.05) is 6.21 Å². The molecule has 0 saturated heterocycles. The van der Waals surface area contributed by atoms with Crippen molar-refractivity contribution in [2.75, 3.05) is 6.54 Å². The van der Waals surface area contributed by atoms with Gasteiger partial charge in [-0.2, -0.15) is 5.10 Å². The van der Waals surface area contributed by atoms with Crippen molar-refractivity contribution in [3.63, 3.8) is 0 Å². The summed E-state index contributed by atoms with van der Waals surface area (Å²) >= 11 is 0. The Morgan fingerprint density at radius 1 is 1.36 bits per heavy atom. The van der Waals surface area contributed by atoms with Gasteiger partial charge in [-0.1, -0.05) is 37.6 Å². The molecule has 0 unspecified atom stereocenters. The molecule has 2 heteroatoms. The van der Waals surface area contributed by atoms with Crippen LogP contribution < -0.4 is 0 Å². The maximum atomic E-state index is 4.42. The molecular formula is C12H16N2. The number of hydrogen-bond acceptors (Lipinski definition) is 2. The molecule has 0 aromatic heterocycles. The molecule has 14 heavy (non-hydrogen) atoms. The molecule has 74 valence electrons. The van der Waals surface area contributed by atoms with E-state index in [-0.39, 0.29) is 0 Å². The minimum Gasteiger partial charge on any atom is -0.293 e. The molecule has 0 fully saturated rings. The van der Waals surface area contributed by atoms with E-state index in [1.165, 1.54) is 24.0 Å². The van der Waals surface area contributed by atoms with Crippen molar-refractivity contribution < 1.29 is 0 Å². The lowest BCUT2D eigenvalue weighted by Crippen LogP contribution is -2.22. The van der Waals surface area contributed by atoms with Crippen LogP contribution in [0.4, 0.5) is 0 Å². The van der Waals surface area contributed by atoms with E-state index < -0.39 is 0 Å². The number of benzene rings is 1. The molecule has 1 aromatic rings. The van der Waals surface area contributed by atoms with Crippen LogP contribution in [-0.4, -0.2) is 17.8 Å². The number of rotatable bonds is 3. The highest BCUT2D eigenvalue weighted by molar-refractivity contribution is 5.82. The summed E-state index contributed by atoms with van der Waals surface area (Å²) < 4.78 is 0. The highest BCUT2D eigenvalue weighted by Crippen LogP contribution is 2.15. The van der Waals surface area contributed by atoms with Gasteiger partial charge in [0.25, 0.3) is 0 Å². The minimum atomic E-state index is 0.965. The fourth-order valence-corrected chi connectivity index (χ4v) is 1.66. The largest absolute Gasteiger partial charge is 0.293 e. The van der Waals surface area contributed by atoms with Crippen LogP contribution in [0.5, 0.6) is 0 Å². The summed E-state index contributed by atoms with van der Waals surface area (Å²) in [6.45, 7) is 4.25. The SMILES string of the molecule is CCCCN1Cc2ccccc2C=N1. The Bertz CT molecular complexity index is 331. The zero-order valence-electron chi connectivity index (χ0n) is 8.61. The monoisotopic (exact) mass is 188 g/mol. The van der Waals surface area contributed by atoms with Crippen LogP contribution in [0.1, 0.15) is 30.9 Å². The van der Waals surface area contributed by atoms with Crippen molar-refractivity contribution in [1.29, 1.82) is 0 Å². The molecule has 1 heterocycles. The van der Waals surface area contributed by atoms with Gasteiger partial charge < -0.3 is 0 Å². The van der Waals surface area contributed by atoms with Crippen molar-refractivity contribution in [3.05, 3.63) is 35.4 Å². The summed E-state index contributed by atoms with van der Waals surface area (Å²) in [5, 5.41) is 6.56. The predicted molar refractivity (Wildman–Crippen MR) is 59.4 cm³/mol. The summed E-state index contributed by atoms with van der Waals surface area (Å²) in [5.74, 6) is 0. The van der Waals surface area contributed by atoms with E-state index in [1.54, 1.807) is 0 Å². The molecule has 0 saturated carbocycles. The highest BCUT2D eigenvalue weighted by Gasteiger charge is 2.09. The van der Waals surface area contributed by atoms with Gasteiger partial charge in [0.15, 0.2) is 0 Å². The second-order valence-electron chi connectivity index (χ2n) is 3.69. The Hall–Kier alpha value is -1.31. The van der Waals surface area contributed by atoms with Gasteiger partial charge in [-0.25, -0.2) is 0 Å². The minimum absolute atomic E-state index is 0.965. The number of hydrogen-bond donors (Lipinski definition) is 0. The first-order valence-electron chi connectivity index (χ1n) is 5.27. The van der Waals surface area contributed by atoms with Crippen LogP contribution in [0, 0.1) is 0 Å². The summed E-state index contributed by atoms with van der Waals surface area (Å²) in [4.78, 5) is 0. The van der Waals surface area contributed by atoms with E-state index >= 15 is 0 Å². The van der Waals surface area contributed by atoms with Crippen LogP contribution in [0.15, 0.2) is 29.4 Å². The lowest BCUT2D eigenvalue weighted by atomic mass is 10.1. The average molecular weight is 188 g/mol. The fourth-order valence-electron chi connectivity index (χ4n) is 1.66. The molecule has 0 spiro atoms. The van der Waals surface area contributed by atoms with Crippen molar-refractivity contribution in [2.45, 2.75) is 26.3 Å². The highest BCUT2D eigenvalue weighted by atomic mass is 15.4. The normalized spacial score (nSPS) is 14.2. The van der Waals surface area contributed by atoms with Crippen molar-refractivity contribution >= 4 is 6.21 Å². The lowest BCUT2D eigenvalue weighted by Gasteiger charge is -2.23. The van der Waals surface area contributed by atoms with Crippen LogP contribution in [0.25, 0.3) is 0 Å². The topological polar surface area (TPSA) is 15.6 Å². The second kappa shape index (κ2) is 4.27. The van der Waals surface area contributed by atoms with Gasteiger partial charge in [0.2, 0.25) is 0 Å². The van der Waals surface area contributed by atoms with Crippen molar-refractivity contribution in [2.24, 2.45) is 5.10 Å². The van der Waals surface area contributed by atoms with Crippen molar-refractivity contribution in [1.82, 2.24) is 5.01 Å². The number of nitrogens with zero attached hydrogens (tertiary/aromatic N) is 2. The molecule has 1 aliphatic rings. The fraction of sp³-hybridized carbons (Fsp3) is 0.417. The van der Waals surface area contributed by atoms with Crippen LogP contribution in [0.3, 0.4) is 0 Å². The molecule has 1 aliphatic heterocycles. The van der Waals surface area contributed by atoms with Gasteiger partial charge in [0, 0.05) is 6.54 Å². The second-order valence-corrected chi connectivity index (χ2v) is 3.69. The molecule has 0 amide bonds. The molecule has 0 radical (unpaired) electrons. The van der Waals surface area contributed by atoms with E-state index in [0.29, 0.717) is 0 Å². The Morgan fingerprint density at radius 2 is 2.21 bits per heavy atom. The van der Waals surface area contributed by atoms with Gasteiger partial charge in [0.05, 0.1) is 12.8 Å². The standard InChI is InChI=1S/C12H16N2/c1-2-3-8-14-10-12-7-5-4-6-11(12)9-13-14/h4-7,9H,2-3,8,10H2,1H3. The number of fused-ring (bicyclic) bond motifs is 1. The van der Waals surface area contributed by atoms with Crippen LogP contribution in [0.2, 0.25) is 0 Å².